The first-order valence-corrected chi connectivity index (χ1v) is 7.21. The van der Waals surface area contributed by atoms with E-state index >= 15 is 0 Å². The summed E-state index contributed by atoms with van der Waals surface area (Å²) in [5.74, 6) is 0.561. The largest absolute Gasteiger partial charge is 0.348 e. The van der Waals surface area contributed by atoms with E-state index in [1.165, 1.54) is 0 Å². The summed E-state index contributed by atoms with van der Waals surface area (Å²) in [6.45, 7) is 0.416. The Morgan fingerprint density at radius 2 is 2.05 bits per heavy atom. The molecule has 0 radical (unpaired) electrons. The summed E-state index contributed by atoms with van der Waals surface area (Å²) >= 11 is 5.94. The van der Waals surface area contributed by atoms with E-state index in [4.69, 9.17) is 11.6 Å². The Bertz CT molecular complexity index is 792. The molecule has 1 aromatic carbocycles. The molecule has 0 fully saturated rings. The molecule has 0 saturated carbocycles. The van der Waals surface area contributed by atoms with Crippen LogP contribution in [0.2, 0.25) is 5.02 Å². The minimum Gasteiger partial charge on any atom is -0.348 e. The lowest BCUT2D eigenvalue weighted by Gasteiger charge is -2.08. The molecule has 0 unspecified atom stereocenters. The van der Waals surface area contributed by atoms with Crippen LogP contribution in [0.5, 0.6) is 0 Å². The van der Waals surface area contributed by atoms with Crippen molar-refractivity contribution < 1.29 is 4.79 Å². The zero-order valence-corrected chi connectivity index (χ0v) is 12.8. The van der Waals surface area contributed by atoms with Gasteiger partial charge >= 0.3 is 0 Å². The minimum absolute atomic E-state index is 0.170. The van der Waals surface area contributed by atoms with Crippen LogP contribution in [0.3, 0.4) is 0 Å². The molecule has 0 aliphatic heterocycles. The van der Waals surface area contributed by atoms with Gasteiger partial charge in [-0.25, -0.2) is 0 Å². The maximum Gasteiger partial charge on any atom is 0.256 e. The lowest BCUT2D eigenvalue weighted by atomic mass is 10.2. The van der Waals surface area contributed by atoms with E-state index in [-0.39, 0.29) is 5.91 Å². The van der Waals surface area contributed by atoms with Crippen molar-refractivity contribution in [2.45, 2.75) is 6.54 Å². The number of halogens is 1. The summed E-state index contributed by atoms with van der Waals surface area (Å²) < 4.78 is 3.54. The normalized spacial score (nSPS) is 10.6. The van der Waals surface area contributed by atoms with Gasteiger partial charge in [0.15, 0.2) is 0 Å². The Hall–Kier alpha value is -2.53. The van der Waals surface area contributed by atoms with E-state index in [0.717, 1.165) is 11.4 Å². The second-order valence-electron chi connectivity index (χ2n) is 4.91. The van der Waals surface area contributed by atoms with E-state index < -0.39 is 0 Å². The van der Waals surface area contributed by atoms with Gasteiger partial charge in [-0.2, -0.15) is 5.10 Å². The van der Waals surface area contributed by atoms with Gasteiger partial charge in [0, 0.05) is 31.0 Å². The third-order valence-electron chi connectivity index (χ3n) is 3.34. The third-order valence-corrected chi connectivity index (χ3v) is 3.58. The van der Waals surface area contributed by atoms with E-state index in [1.54, 1.807) is 16.9 Å². The van der Waals surface area contributed by atoms with E-state index in [2.05, 4.69) is 10.4 Å². The number of amides is 1. The quantitative estimate of drug-likeness (QED) is 0.805. The molecule has 3 rings (SSSR count). The molecule has 0 atom stereocenters. The molecule has 2 aromatic heterocycles. The van der Waals surface area contributed by atoms with Crippen LogP contribution < -0.4 is 5.32 Å². The van der Waals surface area contributed by atoms with Crippen molar-refractivity contribution in [1.29, 1.82) is 0 Å². The fourth-order valence-corrected chi connectivity index (χ4v) is 2.51. The van der Waals surface area contributed by atoms with E-state index in [1.807, 2.05) is 54.3 Å². The summed E-state index contributed by atoms with van der Waals surface area (Å²) in [5.41, 5.74) is 1.48. The number of rotatable bonds is 4. The predicted molar refractivity (Wildman–Crippen MR) is 85.2 cm³/mol. The number of carbonyl (C=O) groups is 1. The van der Waals surface area contributed by atoms with Gasteiger partial charge in [0.1, 0.15) is 11.4 Å². The standard InChI is InChI=1S/C16H15ClN4O/c1-20-16(21-7-2-3-8-21)14(11-19-20)15(22)18-10-12-5-4-6-13(17)9-12/h2-9,11H,10H2,1H3,(H,18,22). The number of aromatic nitrogens is 3. The van der Waals surface area contributed by atoms with Crippen LogP contribution in [0.25, 0.3) is 5.82 Å². The van der Waals surface area contributed by atoms with Gasteiger partial charge in [-0.05, 0) is 29.8 Å². The van der Waals surface area contributed by atoms with Crippen molar-refractivity contribution in [3.63, 3.8) is 0 Å². The molecular formula is C16H15ClN4O. The molecule has 22 heavy (non-hydrogen) atoms. The maximum atomic E-state index is 12.4. The highest BCUT2D eigenvalue weighted by Gasteiger charge is 2.16. The van der Waals surface area contributed by atoms with E-state index in [9.17, 15) is 4.79 Å². The Balaban J connectivity index is 1.79. The van der Waals surface area contributed by atoms with Crippen molar-refractivity contribution in [2.75, 3.05) is 0 Å². The number of nitrogens with one attached hydrogen (secondary N) is 1. The van der Waals surface area contributed by atoms with Gasteiger partial charge in [-0.3, -0.25) is 9.48 Å². The van der Waals surface area contributed by atoms with Crippen molar-refractivity contribution in [2.24, 2.45) is 7.05 Å². The van der Waals surface area contributed by atoms with Gasteiger partial charge < -0.3 is 9.88 Å². The molecule has 0 saturated heterocycles. The molecule has 2 heterocycles. The van der Waals surface area contributed by atoms with Gasteiger partial charge in [-0.1, -0.05) is 23.7 Å². The van der Waals surface area contributed by atoms with Crippen LogP contribution in [0.15, 0.2) is 55.0 Å². The van der Waals surface area contributed by atoms with Crippen LogP contribution in [0, 0.1) is 0 Å². The first-order valence-electron chi connectivity index (χ1n) is 6.83. The summed E-state index contributed by atoms with van der Waals surface area (Å²) in [7, 11) is 1.81. The average Bonchev–Trinajstić information content (AvgIpc) is 3.14. The second kappa shape index (κ2) is 6.07. The molecular weight excluding hydrogens is 300 g/mol. The first-order chi connectivity index (χ1) is 10.6. The second-order valence-corrected chi connectivity index (χ2v) is 5.34. The number of hydrogen-bond acceptors (Lipinski definition) is 2. The molecule has 5 nitrogen and oxygen atoms in total. The Kier molecular flexibility index (Phi) is 3.98. The topological polar surface area (TPSA) is 51.9 Å². The predicted octanol–water partition coefficient (Wildman–Crippen LogP) is 2.79. The Morgan fingerprint density at radius 1 is 1.27 bits per heavy atom. The molecule has 0 spiro atoms. The van der Waals surface area contributed by atoms with Crippen LogP contribution in [-0.2, 0) is 13.6 Å². The van der Waals surface area contributed by atoms with Crippen molar-refractivity contribution >= 4 is 17.5 Å². The van der Waals surface area contributed by atoms with Gasteiger partial charge in [0.25, 0.3) is 5.91 Å². The first kappa shape index (κ1) is 14.4. The number of carbonyl (C=O) groups excluding carboxylic acids is 1. The zero-order valence-electron chi connectivity index (χ0n) is 12.0. The molecule has 0 aliphatic carbocycles. The molecule has 0 aliphatic rings. The van der Waals surface area contributed by atoms with Crippen molar-refractivity contribution in [1.82, 2.24) is 19.7 Å². The monoisotopic (exact) mass is 314 g/mol. The SMILES string of the molecule is Cn1ncc(C(=O)NCc2cccc(Cl)c2)c1-n1cccc1. The number of hydrogen-bond donors (Lipinski definition) is 1. The Labute approximate surface area is 133 Å². The average molecular weight is 315 g/mol. The minimum atomic E-state index is -0.170. The van der Waals surface area contributed by atoms with Gasteiger partial charge in [0.2, 0.25) is 0 Å². The number of benzene rings is 1. The van der Waals surface area contributed by atoms with Crippen molar-refractivity contribution in [3.05, 3.63) is 71.1 Å². The summed E-state index contributed by atoms with van der Waals surface area (Å²) in [5, 5.41) is 7.72. The van der Waals surface area contributed by atoms with Crippen molar-refractivity contribution in [3.8, 4) is 5.82 Å². The Morgan fingerprint density at radius 3 is 2.77 bits per heavy atom. The summed E-state index contributed by atoms with van der Waals surface area (Å²) in [6.07, 6.45) is 5.33. The lowest BCUT2D eigenvalue weighted by Crippen LogP contribution is -2.24. The summed E-state index contributed by atoms with van der Waals surface area (Å²) in [6, 6.07) is 11.2. The maximum absolute atomic E-state index is 12.4. The van der Waals surface area contributed by atoms with Crippen LogP contribution in [-0.4, -0.2) is 20.3 Å². The smallest absolute Gasteiger partial charge is 0.256 e. The van der Waals surface area contributed by atoms with Crippen LogP contribution >= 0.6 is 11.6 Å². The van der Waals surface area contributed by atoms with Gasteiger partial charge in [-0.15, -0.1) is 0 Å². The molecule has 3 aromatic rings. The molecule has 112 valence electrons. The number of aryl methyl sites for hydroxylation is 1. The zero-order chi connectivity index (χ0) is 15.5. The lowest BCUT2D eigenvalue weighted by molar-refractivity contribution is 0.0951. The fraction of sp³-hybridized carbons (Fsp3) is 0.125. The molecule has 6 heteroatoms. The van der Waals surface area contributed by atoms with Gasteiger partial charge in [0.05, 0.1) is 6.20 Å². The highest BCUT2D eigenvalue weighted by molar-refractivity contribution is 6.30. The molecule has 1 amide bonds. The fourth-order valence-electron chi connectivity index (χ4n) is 2.30. The third kappa shape index (κ3) is 2.89. The number of nitrogens with zero attached hydrogens (tertiary/aromatic N) is 3. The molecule has 0 bridgehead atoms. The van der Waals surface area contributed by atoms with Crippen LogP contribution in [0.1, 0.15) is 15.9 Å². The van der Waals surface area contributed by atoms with Crippen LogP contribution in [0.4, 0.5) is 0 Å². The highest BCUT2D eigenvalue weighted by atomic mass is 35.5. The summed E-state index contributed by atoms with van der Waals surface area (Å²) in [4.78, 5) is 12.4. The molecule has 1 N–H and O–H groups in total. The highest BCUT2D eigenvalue weighted by Crippen LogP contribution is 2.15. The van der Waals surface area contributed by atoms with E-state index in [0.29, 0.717) is 17.1 Å².